The molecule has 1 saturated carbocycles. The molecule has 0 saturated heterocycles. The van der Waals surface area contributed by atoms with E-state index in [9.17, 15) is 13.2 Å². The highest BCUT2D eigenvalue weighted by Gasteiger charge is 2.32. The number of primary sulfonamides is 1. The number of nitrogens with one attached hydrogen (secondary N) is 1. The van der Waals surface area contributed by atoms with E-state index in [1.54, 1.807) is 4.90 Å². The van der Waals surface area contributed by atoms with E-state index in [0.717, 1.165) is 12.8 Å². The number of nitrogens with zero attached hydrogens (tertiary/aromatic N) is 1. The van der Waals surface area contributed by atoms with E-state index in [1.165, 1.54) is 12.3 Å². The molecule has 2 rings (SSSR count). The van der Waals surface area contributed by atoms with Crippen molar-refractivity contribution >= 4 is 15.9 Å². The first-order valence-corrected chi connectivity index (χ1v) is 7.00. The fourth-order valence-corrected chi connectivity index (χ4v) is 2.28. The van der Waals surface area contributed by atoms with Crippen LogP contribution in [0.1, 0.15) is 30.3 Å². The van der Waals surface area contributed by atoms with Crippen molar-refractivity contribution in [2.45, 2.75) is 30.7 Å². The summed E-state index contributed by atoms with van der Waals surface area (Å²) < 4.78 is 22.2. The number of nitrogens with two attached hydrogens (primary N) is 1. The Labute approximate surface area is 99.8 Å². The van der Waals surface area contributed by atoms with Crippen LogP contribution in [0.4, 0.5) is 0 Å². The van der Waals surface area contributed by atoms with Crippen LogP contribution in [0.3, 0.4) is 0 Å². The SMILES string of the molecule is CCN(C(=O)c1cc(S(N)(=O)=O)c[nH]1)C1CC1. The first-order chi connectivity index (χ1) is 7.93. The fourth-order valence-electron chi connectivity index (χ4n) is 1.77. The highest BCUT2D eigenvalue weighted by atomic mass is 32.2. The number of H-pyrrole nitrogens is 1. The predicted octanol–water partition coefficient (Wildman–Crippen LogP) is 0.287. The summed E-state index contributed by atoms with van der Waals surface area (Å²) in [5, 5.41) is 4.98. The van der Waals surface area contributed by atoms with Gasteiger partial charge in [-0.05, 0) is 25.8 Å². The lowest BCUT2D eigenvalue weighted by molar-refractivity contribution is 0.0747. The number of carbonyl (C=O) groups excluding carboxylic acids is 1. The summed E-state index contributed by atoms with van der Waals surface area (Å²) in [4.78, 5) is 16.4. The van der Waals surface area contributed by atoms with Gasteiger partial charge < -0.3 is 9.88 Å². The molecule has 0 spiro atoms. The highest BCUT2D eigenvalue weighted by Crippen LogP contribution is 2.27. The second kappa shape index (κ2) is 4.15. The maximum absolute atomic E-state index is 12.1. The molecule has 17 heavy (non-hydrogen) atoms. The molecule has 1 amide bonds. The number of hydrogen-bond donors (Lipinski definition) is 2. The van der Waals surface area contributed by atoms with Gasteiger partial charge in [0.05, 0.1) is 4.90 Å². The number of amides is 1. The molecule has 3 N–H and O–H groups in total. The Balaban J connectivity index is 2.22. The van der Waals surface area contributed by atoms with Gasteiger partial charge in [0, 0.05) is 18.8 Å². The Kier molecular flexibility index (Phi) is 2.96. The number of carbonyl (C=O) groups is 1. The van der Waals surface area contributed by atoms with Gasteiger partial charge in [-0.1, -0.05) is 0 Å². The minimum Gasteiger partial charge on any atom is -0.356 e. The van der Waals surface area contributed by atoms with E-state index in [1.807, 2.05) is 6.92 Å². The van der Waals surface area contributed by atoms with Gasteiger partial charge in [-0.3, -0.25) is 4.79 Å². The van der Waals surface area contributed by atoms with Gasteiger partial charge in [0.1, 0.15) is 5.69 Å². The number of sulfonamides is 1. The zero-order valence-corrected chi connectivity index (χ0v) is 10.3. The van der Waals surface area contributed by atoms with Crippen LogP contribution in [0.2, 0.25) is 0 Å². The molecular formula is C10H15N3O3S. The molecule has 94 valence electrons. The van der Waals surface area contributed by atoms with Crippen LogP contribution in [0.25, 0.3) is 0 Å². The van der Waals surface area contributed by atoms with Crippen molar-refractivity contribution in [3.8, 4) is 0 Å². The Morgan fingerprint density at radius 2 is 2.24 bits per heavy atom. The highest BCUT2D eigenvalue weighted by molar-refractivity contribution is 7.89. The summed E-state index contributed by atoms with van der Waals surface area (Å²) in [7, 11) is -3.75. The lowest BCUT2D eigenvalue weighted by Crippen LogP contribution is -2.33. The van der Waals surface area contributed by atoms with Crippen LogP contribution in [-0.4, -0.2) is 36.8 Å². The van der Waals surface area contributed by atoms with E-state index in [2.05, 4.69) is 4.98 Å². The van der Waals surface area contributed by atoms with Gasteiger partial charge >= 0.3 is 0 Å². The molecule has 1 aliphatic rings. The molecule has 0 radical (unpaired) electrons. The van der Waals surface area contributed by atoms with Gasteiger partial charge in [0.2, 0.25) is 10.0 Å². The van der Waals surface area contributed by atoms with Crippen molar-refractivity contribution in [2.75, 3.05) is 6.54 Å². The van der Waals surface area contributed by atoms with Gasteiger partial charge in [0.15, 0.2) is 0 Å². The molecular weight excluding hydrogens is 242 g/mol. The zero-order valence-electron chi connectivity index (χ0n) is 9.51. The van der Waals surface area contributed by atoms with E-state index >= 15 is 0 Å². The largest absolute Gasteiger partial charge is 0.356 e. The summed E-state index contributed by atoms with van der Waals surface area (Å²) >= 11 is 0. The number of rotatable bonds is 4. The normalized spacial score (nSPS) is 15.9. The van der Waals surface area contributed by atoms with Gasteiger partial charge in [-0.15, -0.1) is 0 Å². The van der Waals surface area contributed by atoms with Crippen LogP contribution in [0.5, 0.6) is 0 Å². The summed E-state index contributed by atoms with van der Waals surface area (Å²) in [6.07, 6.45) is 3.27. The third-order valence-electron chi connectivity index (χ3n) is 2.80. The summed E-state index contributed by atoms with van der Waals surface area (Å²) in [5.41, 5.74) is 0.266. The molecule has 1 aliphatic carbocycles. The third kappa shape index (κ3) is 2.50. The van der Waals surface area contributed by atoms with Crippen molar-refractivity contribution in [3.63, 3.8) is 0 Å². The van der Waals surface area contributed by atoms with Crippen molar-refractivity contribution in [2.24, 2.45) is 5.14 Å². The molecule has 6 nitrogen and oxygen atoms in total. The van der Waals surface area contributed by atoms with E-state index in [-0.39, 0.29) is 16.5 Å². The lowest BCUT2D eigenvalue weighted by atomic mass is 10.3. The first kappa shape index (κ1) is 12.1. The molecule has 0 unspecified atom stereocenters. The maximum Gasteiger partial charge on any atom is 0.270 e. The van der Waals surface area contributed by atoms with E-state index in [0.29, 0.717) is 12.6 Å². The molecule has 0 aromatic carbocycles. The van der Waals surface area contributed by atoms with Crippen LogP contribution >= 0.6 is 0 Å². The smallest absolute Gasteiger partial charge is 0.270 e. The summed E-state index contributed by atoms with van der Waals surface area (Å²) in [6, 6.07) is 1.58. The molecule has 1 aromatic rings. The Morgan fingerprint density at radius 1 is 1.59 bits per heavy atom. The van der Waals surface area contributed by atoms with Crippen molar-refractivity contribution in [1.29, 1.82) is 0 Å². The maximum atomic E-state index is 12.1. The molecule has 1 heterocycles. The van der Waals surface area contributed by atoms with Gasteiger partial charge in [0.25, 0.3) is 5.91 Å². The Morgan fingerprint density at radius 3 is 2.65 bits per heavy atom. The van der Waals surface area contributed by atoms with Crippen molar-refractivity contribution in [1.82, 2.24) is 9.88 Å². The molecule has 1 aromatic heterocycles. The summed E-state index contributed by atoms with van der Waals surface area (Å²) in [5.74, 6) is -0.176. The Bertz CT molecular complexity index is 531. The van der Waals surface area contributed by atoms with E-state index in [4.69, 9.17) is 5.14 Å². The monoisotopic (exact) mass is 257 g/mol. The quantitative estimate of drug-likeness (QED) is 0.811. The first-order valence-electron chi connectivity index (χ1n) is 5.45. The fraction of sp³-hybridized carbons (Fsp3) is 0.500. The van der Waals surface area contributed by atoms with Crippen LogP contribution in [0.15, 0.2) is 17.2 Å². The minimum atomic E-state index is -3.75. The summed E-state index contributed by atoms with van der Waals surface area (Å²) in [6.45, 7) is 2.52. The average Bonchev–Trinajstić information content (AvgIpc) is 2.94. The average molecular weight is 257 g/mol. The number of aromatic nitrogens is 1. The van der Waals surface area contributed by atoms with Crippen LogP contribution in [-0.2, 0) is 10.0 Å². The van der Waals surface area contributed by atoms with Crippen LogP contribution < -0.4 is 5.14 Å². The minimum absolute atomic E-state index is 0.0623. The second-order valence-electron chi connectivity index (χ2n) is 4.12. The molecule has 0 bridgehead atoms. The predicted molar refractivity (Wildman–Crippen MR) is 61.9 cm³/mol. The van der Waals surface area contributed by atoms with Gasteiger partial charge in [-0.25, -0.2) is 13.6 Å². The third-order valence-corrected chi connectivity index (χ3v) is 3.70. The van der Waals surface area contributed by atoms with Crippen molar-refractivity contribution in [3.05, 3.63) is 18.0 Å². The Hall–Kier alpha value is -1.34. The number of hydrogen-bond acceptors (Lipinski definition) is 3. The van der Waals surface area contributed by atoms with E-state index < -0.39 is 10.0 Å². The molecule has 0 aliphatic heterocycles. The lowest BCUT2D eigenvalue weighted by Gasteiger charge is -2.19. The molecule has 0 atom stereocenters. The standard InChI is InChI=1S/C10H15N3O3S/c1-2-13(7-3-4-7)10(14)9-5-8(6-12-9)17(11,15)16/h5-7,12H,2-4H2,1H3,(H2,11,15,16). The zero-order chi connectivity index (χ0) is 12.6. The van der Waals surface area contributed by atoms with Crippen molar-refractivity contribution < 1.29 is 13.2 Å². The second-order valence-corrected chi connectivity index (χ2v) is 5.68. The van der Waals surface area contributed by atoms with Gasteiger partial charge in [-0.2, -0.15) is 0 Å². The number of aromatic amines is 1. The van der Waals surface area contributed by atoms with Crippen LogP contribution in [0, 0.1) is 0 Å². The molecule has 7 heteroatoms. The topological polar surface area (TPSA) is 96.3 Å². The molecule has 1 fully saturated rings.